The number of fused-ring (bicyclic) bond motifs is 1. The molecule has 1 aromatic carbocycles. The number of imide groups is 1. The zero-order chi connectivity index (χ0) is 18.3. The number of anilines is 1. The van der Waals surface area contributed by atoms with Gasteiger partial charge in [-0.25, -0.2) is 0 Å². The highest BCUT2D eigenvalue weighted by atomic mass is 16.5. The van der Waals surface area contributed by atoms with Crippen LogP contribution in [0, 0.1) is 5.92 Å². The van der Waals surface area contributed by atoms with Crippen molar-refractivity contribution >= 4 is 23.4 Å². The second-order valence-electron chi connectivity index (χ2n) is 7.31. The van der Waals surface area contributed by atoms with Crippen LogP contribution in [0.25, 0.3) is 0 Å². The van der Waals surface area contributed by atoms with Gasteiger partial charge in [0.05, 0.1) is 23.8 Å². The van der Waals surface area contributed by atoms with Crippen molar-refractivity contribution in [2.24, 2.45) is 5.92 Å². The summed E-state index contributed by atoms with van der Waals surface area (Å²) in [5.74, 6) is -0.229. The number of rotatable bonds is 4. The van der Waals surface area contributed by atoms with Crippen molar-refractivity contribution in [1.82, 2.24) is 9.80 Å². The van der Waals surface area contributed by atoms with E-state index in [9.17, 15) is 14.4 Å². The Morgan fingerprint density at radius 1 is 1.23 bits per heavy atom. The third-order valence-electron chi connectivity index (χ3n) is 5.54. The van der Waals surface area contributed by atoms with Gasteiger partial charge in [0, 0.05) is 25.9 Å². The number of nitrogens with one attached hydrogen (secondary N) is 1. The molecule has 1 aromatic rings. The summed E-state index contributed by atoms with van der Waals surface area (Å²) in [6.07, 6.45) is 3.68. The van der Waals surface area contributed by atoms with Gasteiger partial charge >= 0.3 is 0 Å². The molecule has 1 N–H and O–H groups in total. The van der Waals surface area contributed by atoms with Crippen molar-refractivity contribution in [3.05, 3.63) is 29.3 Å². The van der Waals surface area contributed by atoms with E-state index in [-0.39, 0.29) is 17.7 Å². The van der Waals surface area contributed by atoms with E-state index in [2.05, 4.69) is 10.2 Å². The average Bonchev–Trinajstić information content (AvgIpc) is 3.34. The second kappa shape index (κ2) is 6.81. The number of amides is 3. The zero-order valence-electron chi connectivity index (χ0n) is 14.9. The van der Waals surface area contributed by atoms with Gasteiger partial charge in [-0.05, 0) is 49.9 Å². The number of benzene rings is 1. The molecule has 3 heterocycles. The van der Waals surface area contributed by atoms with Gasteiger partial charge in [-0.15, -0.1) is 0 Å². The summed E-state index contributed by atoms with van der Waals surface area (Å²) in [6.45, 7) is 2.98. The summed E-state index contributed by atoms with van der Waals surface area (Å²) < 4.78 is 5.77. The van der Waals surface area contributed by atoms with Gasteiger partial charge in [0.25, 0.3) is 11.8 Å². The van der Waals surface area contributed by atoms with Gasteiger partial charge < -0.3 is 10.1 Å². The highest BCUT2D eigenvalue weighted by Crippen LogP contribution is 2.28. The number of hydrogen-bond acceptors (Lipinski definition) is 5. The van der Waals surface area contributed by atoms with Crippen LogP contribution >= 0.6 is 0 Å². The number of nitrogens with zero attached hydrogens (tertiary/aromatic N) is 2. The summed E-state index contributed by atoms with van der Waals surface area (Å²) in [7, 11) is 1.46. The van der Waals surface area contributed by atoms with E-state index < -0.39 is 0 Å². The highest BCUT2D eigenvalue weighted by Gasteiger charge is 2.34. The maximum Gasteiger partial charge on any atom is 0.261 e. The standard InChI is InChI=1S/C19H23N3O4/c1-21-18(24)14-5-4-13(9-15(14)19(21)25)20-17(23)11-22-7-6-12(10-22)16-3-2-8-26-16/h4-5,9,12,16H,2-3,6-8,10-11H2,1H3,(H,20,23). The number of carbonyl (C=O) groups is 3. The molecule has 26 heavy (non-hydrogen) atoms. The fraction of sp³-hybridized carbons (Fsp3) is 0.526. The molecule has 2 fully saturated rings. The molecule has 3 aliphatic rings. The Hall–Kier alpha value is -2.25. The van der Waals surface area contributed by atoms with Crippen LogP contribution in [0.3, 0.4) is 0 Å². The van der Waals surface area contributed by atoms with Crippen molar-refractivity contribution in [3.8, 4) is 0 Å². The first-order chi connectivity index (χ1) is 12.5. The second-order valence-corrected chi connectivity index (χ2v) is 7.31. The Morgan fingerprint density at radius 2 is 2.04 bits per heavy atom. The van der Waals surface area contributed by atoms with Crippen LogP contribution < -0.4 is 5.32 Å². The first-order valence-corrected chi connectivity index (χ1v) is 9.13. The van der Waals surface area contributed by atoms with E-state index in [0.29, 0.717) is 35.4 Å². The van der Waals surface area contributed by atoms with Gasteiger partial charge in [-0.1, -0.05) is 0 Å². The highest BCUT2D eigenvalue weighted by molar-refractivity contribution is 6.21. The summed E-state index contributed by atoms with van der Waals surface area (Å²) in [6, 6.07) is 4.84. The predicted octanol–water partition coefficient (Wildman–Crippen LogP) is 1.35. The quantitative estimate of drug-likeness (QED) is 0.823. The lowest BCUT2D eigenvalue weighted by Crippen LogP contribution is -2.33. The first kappa shape index (κ1) is 17.2. The maximum absolute atomic E-state index is 12.4. The summed E-state index contributed by atoms with van der Waals surface area (Å²) in [5, 5.41) is 2.84. The Bertz CT molecular complexity index is 757. The maximum atomic E-state index is 12.4. The van der Waals surface area contributed by atoms with E-state index in [1.165, 1.54) is 7.05 Å². The Kier molecular flexibility index (Phi) is 4.50. The largest absolute Gasteiger partial charge is 0.378 e. The van der Waals surface area contributed by atoms with Crippen LogP contribution in [0.4, 0.5) is 5.69 Å². The zero-order valence-corrected chi connectivity index (χ0v) is 14.9. The minimum absolute atomic E-state index is 0.108. The van der Waals surface area contributed by atoms with Crippen molar-refractivity contribution in [2.45, 2.75) is 25.4 Å². The fourth-order valence-electron chi connectivity index (χ4n) is 4.13. The average molecular weight is 357 g/mol. The minimum Gasteiger partial charge on any atom is -0.378 e. The summed E-state index contributed by atoms with van der Waals surface area (Å²) in [4.78, 5) is 39.6. The normalized spacial score (nSPS) is 25.8. The Balaban J connectivity index is 1.34. The number of carbonyl (C=O) groups excluding carboxylic acids is 3. The SMILES string of the molecule is CN1C(=O)c2ccc(NC(=O)CN3CCC(C4CCCO4)C3)cc2C1=O. The van der Waals surface area contributed by atoms with Gasteiger partial charge in [-0.2, -0.15) is 0 Å². The van der Waals surface area contributed by atoms with Crippen LogP contribution in [0.2, 0.25) is 0 Å². The molecule has 3 aliphatic heterocycles. The van der Waals surface area contributed by atoms with Gasteiger partial charge in [0.1, 0.15) is 0 Å². The van der Waals surface area contributed by atoms with Crippen molar-refractivity contribution in [3.63, 3.8) is 0 Å². The van der Waals surface area contributed by atoms with Crippen LogP contribution in [-0.4, -0.2) is 66.9 Å². The van der Waals surface area contributed by atoms with E-state index in [1.54, 1.807) is 18.2 Å². The molecular weight excluding hydrogens is 334 g/mol. The van der Waals surface area contributed by atoms with Crippen LogP contribution in [0.15, 0.2) is 18.2 Å². The van der Waals surface area contributed by atoms with Crippen LogP contribution in [-0.2, 0) is 9.53 Å². The molecule has 7 nitrogen and oxygen atoms in total. The summed E-state index contributed by atoms with van der Waals surface area (Å²) >= 11 is 0. The van der Waals surface area contributed by atoms with E-state index in [0.717, 1.165) is 43.9 Å². The van der Waals surface area contributed by atoms with Crippen molar-refractivity contribution in [2.75, 3.05) is 38.6 Å². The molecule has 0 saturated carbocycles. The van der Waals surface area contributed by atoms with Crippen molar-refractivity contribution < 1.29 is 19.1 Å². The van der Waals surface area contributed by atoms with Crippen LogP contribution in [0.5, 0.6) is 0 Å². The lowest BCUT2D eigenvalue weighted by atomic mass is 9.99. The lowest BCUT2D eigenvalue weighted by molar-refractivity contribution is -0.117. The van der Waals surface area contributed by atoms with E-state index >= 15 is 0 Å². The minimum atomic E-state index is -0.333. The summed E-state index contributed by atoms with van der Waals surface area (Å²) in [5.41, 5.74) is 1.27. The van der Waals surface area contributed by atoms with Gasteiger partial charge in [0.15, 0.2) is 0 Å². The molecule has 7 heteroatoms. The van der Waals surface area contributed by atoms with E-state index in [1.807, 2.05) is 0 Å². The molecule has 4 rings (SSSR count). The molecule has 0 bridgehead atoms. The molecule has 0 aliphatic carbocycles. The number of hydrogen-bond donors (Lipinski definition) is 1. The molecule has 0 radical (unpaired) electrons. The molecule has 0 spiro atoms. The molecule has 0 aromatic heterocycles. The fourth-order valence-corrected chi connectivity index (χ4v) is 4.13. The molecular formula is C19H23N3O4. The lowest BCUT2D eigenvalue weighted by Gasteiger charge is -2.19. The van der Waals surface area contributed by atoms with Crippen molar-refractivity contribution in [1.29, 1.82) is 0 Å². The Labute approximate surface area is 152 Å². The molecule has 138 valence electrons. The monoisotopic (exact) mass is 357 g/mol. The topological polar surface area (TPSA) is 79.0 Å². The molecule has 3 amide bonds. The Morgan fingerprint density at radius 3 is 2.81 bits per heavy atom. The smallest absolute Gasteiger partial charge is 0.261 e. The van der Waals surface area contributed by atoms with Gasteiger partial charge in [-0.3, -0.25) is 24.2 Å². The third-order valence-corrected chi connectivity index (χ3v) is 5.54. The molecule has 2 saturated heterocycles. The van der Waals surface area contributed by atoms with Gasteiger partial charge in [0.2, 0.25) is 5.91 Å². The predicted molar refractivity (Wildman–Crippen MR) is 95.0 cm³/mol. The third kappa shape index (κ3) is 3.12. The van der Waals surface area contributed by atoms with Crippen LogP contribution in [0.1, 0.15) is 40.0 Å². The molecule has 2 atom stereocenters. The first-order valence-electron chi connectivity index (χ1n) is 9.13. The number of ether oxygens (including phenoxy) is 1. The number of likely N-dealkylation sites (tertiary alicyclic amines) is 1. The van der Waals surface area contributed by atoms with E-state index in [4.69, 9.17) is 4.74 Å². The molecule has 2 unspecified atom stereocenters.